The van der Waals surface area contributed by atoms with E-state index in [-0.39, 0.29) is 0 Å². The fourth-order valence-corrected chi connectivity index (χ4v) is 5.80. The summed E-state index contributed by atoms with van der Waals surface area (Å²) in [6.45, 7) is 2.49. The van der Waals surface area contributed by atoms with E-state index >= 15 is 0 Å². The van der Waals surface area contributed by atoms with Crippen LogP contribution >= 0.6 is 0 Å². The number of hydrogen-bond donors (Lipinski definition) is 0. The number of rotatable bonds is 0. The van der Waals surface area contributed by atoms with Crippen LogP contribution in [0.1, 0.15) is 56.1 Å². The summed E-state index contributed by atoms with van der Waals surface area (Å²) in [5, 5.41) is 0. The van der Waals surface area contributed by atoms with Crippen LogP contribution < -0.4 is 0 Å². The molecule has 0 nitrogen and oxygen atoms in total. The highest BCUT2D eigenvalue weighted by atomic mass is 14.6. The van der Waals surface area contributed by atoms with E-state index in [0.717, 1.165) is 17.8 Å². The molecule has 20 heavy (non-hydrogen) atoms. The van der Waals surface area contributed by atoms with Gasteiger partial charge >= 0.3 is 0 Å². The van der Waals surface area contributed by atoms with Crippen LogP contribution in [-0.4, -0.2) is 0 Å². The van der Waals surface area contributed by atoms with Gasteiger partial charge in [0.05, 0.1) is 0 Å². The van der Waals surface area contributed by atoms with Gasteiger partial charge < -0.3 is 0 Å². The zero-order valence-corrected chi connectivity index (χ0v) is 12.4. The van der Waals surface area contributed by atoms with Gasteiger partial charge in [0.25, 0.3) is 0 Å². The molecule has 3 aliphatic rings. The van der Waals surface area contributed by atoms with Crippen LogP contribution in [0, 0.1) is 35.5 Å². The maximum atomic E-state index is 5.82. The monoisotopic (exact) mass is 264 g/mol. The standard InChI is InChI=1S/C20H24/c1-3-15-9-11-19-18-10-8-14-6-4-5-7-16(14)17(18)12-13-20(15,19)2/h1,4-7,15,17-19H,8-13H2,2H3. The largest absolute Gasteiger partial charge is 0.120 e. The van der Waals surface area contributed by atoms with Gasteiger partial charge in [0.1, 0.15) is 0 Å². The molecule has 0 heterocycles. The number of fused-ring (bicyclic) bond motifs is 5. The van der Waals surface area contributed by atoms with E-state index in [9.17, 15) is 0 Å². The summed E-state index contributed by atoms with van der Waals surface area (Å²) in [4.78, 5) is 0. The van der Waals surface area contributed by atoms with E-state index in [1.807, 2.05) is 0 Å². The van der Waals surface area contributed by atoms with E-state index in [1.165, 1.54) is 38.5 Å². The highest BCUT2D eigenvalue weighted by Crippen LogP contribution is 2.62. The van der Waals surface area contributed by atoms with Crippen LogP contribution in [0.3, 0.4) is 0 Å². The maximum absolute atomic E-state index is 5.82. The predicted octanol–water partition coefficient (Wildman–Crippen LogP) is 4.79. The fourth-order valence-electron chi connectivity index (χ4n) is 5.80. The molecule has 2 fully saturated rings. The Labute approximate surface area is 123 Å². The maximum Gasteiger partial charge on any atom is 0.0256 e. The highest BCUT2D eigenvalue weighted by molar-refractivity contribution is 5.35. The molecule has 3 aliphatic carbocycles. The van der Waals surface area contributed by atoms with Crippen LogP contribution in [0.15, 0.2) is 24.3 Å². The third-order valence-electron chi connectivity index (χ3n) is 6.84. The molecule has 5 unspecified atom stereocenters. The van der Waals surface area contributed by atoms with Crippen molar-refractivity contribution in [3.8, 4) is 12.3 Å². The average Bonchev–Trinajstić information content (AvgIpc) is 2.83. The third-order valence-corrected chi connectivity index (χ3v) is 6.84. The number of terminal acetylenes is 1. The number of hydrogen-bond acceptors (Lipinski definition) is 0. The summed E-state index contributed by atoms with van der Waals surface area (Å²) in [5.41, 5.74) is 3.71. The number of benzene rings is 1. The molecule has 2 saturated carbocycles. The van der Waals surface area contributed by atoms with Crippen molar-refractivity contribution in [2.24, 2.45) is 23.2 Å². The van der Waals surface area contributed by atoms with Crippen molar-refractivity contribution in [1.82, 2.24) is 0 Å². The van der Waals surface area contributed by atoms with Crippen molar-refractivity contribution < 1.29 is 0 Å². The molecule has 4 rings (SSSR count). The molecule has 0 bridgehead atoms. The molecule has 0 saturated heterocycles. The predicted molar refractivity (Wildman–Crippen MR) is 83.4 cm³/mol. The summed E-state index contributed by atoms with van der Waals surface area (Å²) in [5.74, 6) is 6.23. The molecule has 0 heteroatoms. The summed E-state index contributed by atoms with van der Waals surface area (Å²) < 4.78 is 0. The van der Waals surface area contributed by atoms with Crippen LogP contribution in [0.25, 0.3) is 0 Å². The molecule has 0 spiro atoms. The summed E-state index contributed by atoms with van der Waals surface area (Å²) in [6.07, 6.45) is 13.8. The van der Waals surface area contributed by atoms with E-state index in [4.69, 9.17) is 6.42 Å². The first kappa shape index (κ1) is 12.5. The average molecular weight is 264 g/mol. The summed E-state index contributed by atoms with van der Waals surface area (Å²) in [6, 6.07) is 9.17. The van der Waals surface area contributed by atoms with Crippen LogP contribution in [0.2, 0.25) is 0 Å². The van der Waals surface area contributed by atoms with Crippen molar-refractivity contribution in [2.75, 3.05) is 0 Å². The van der Waals surface area contributed by atoms with Gasteiger partial charge in [-0.15, -0.1) is 12.3 Å². The van der Waals surface area contributed by atoms with Crippen molar-refractivity contribution in [1.29, 1.82) is 0 Å². The third kappa shape index (κ3) is 1.56. The second-order valence-electron chi connectivity index (χ2n) is 7.46. The topological polar surface area (TPSA) is 0 Å². The van der Waals surface area contributed by atoms with Crippen molar-refractivity contribution in [3.05, 3.63) is 35.4 Å². The van der Waals surface area contributed by atoms with Crippen LogP contribution in [0.4, 0.5) is 0 Å². The molecule has 0 aliphatic heterocycles. The minimum Gasteiger partial charge on any atom is -0.120 e. The molecule has 0 aromatic heterocycles. The first-order chi connectivity index (χ1) is 9.74. The molecular formula is C20H24. The Morgan fingerprint density at radius 3 is 2.85 bits per heavy atom. The Morgan fingerprint density at radius 1 is 1.15 bits per heavy atom. The lowest BCUT2D eigenvalue weighted by Gasteiger charge is -2.50. The molecule has 0 amide bonds. The normalized spacial score (nSPS) is 42.2. The molecule has 0 N–H and O–H groups in total. The summed E-state index contributed by atoms with van der Waals surface area (Å²) in [7, 11) is 0. The second kappa shape index (κ2) is 4.39. The molecule has 1 aromatic carbocycles. The van der Waals surface area contributed by atoms with E-state index in [0.29, 0.717) is 11.3 Å². The minimum absolute atomic E-state index is 0.433. The first-order valence-electron chi connectivity index (χ1n) is 8.28. The Hall–Kier alpha value is -1.22. The molecule has 104 valence electrons. The lowest BCUT2D eigenvalue weighted by atomic mass is 9.54. The Kier molecular flexibility index (Phi) is 2.75. The van der Waals surface area contributed by atoms with E-state index in [1.54, 1.807) is 11.1 Å². The number of aryl methyl sites for hydroxylation is 1. The Morgan fingerprint density at radius 2 is 2.00 bits per heavy atom. The van der Waals surface area contributed by atoms with E-state index in [2.05, 4.69) is 37.1 Å². The fraction of sp³-hybridized carbons (Fsp3) is 0.600. The van der Waals surface area contributed by atoms with Gasteiger partial charge in [0, 0.05) is 5.92 Å². The molecule has 1 aromatic rings. The lowest BCUT2D eigenvalue weighted by molar-refractivity contribution is 0.0432. The minimum atomic E-state index is 0.433. The molecule has 5 atom stereocenters. The van der Waals surface area contributed by atoms with Gasteiger partial charge in [-0.3, -0.25) is 0 Å². The first-order valence-corrected chi connectivity index (χ1v) is 8.28. The zero-order valence-electron chi connectivity index (χ0n) is 12.4. The van der Waals surface area contributed by atoms with Crippen LogP contribution in [-0.2, 0) is 6.42 Å². The van der Waals surface area contributed by atoms with Gasteiger partial charge in [-0.05, 0) is 72.8 Å². The highest BCUT2D eigenvalue weighted by Gasteiger charge is 2.54. The zero-order chi connectivity index (χ0) is 13.7. The van der Waals surface area contributed by atoms with Gasteiger partial charge in [0.2, 0.25) is 0 Å². The SMILES string of the molecule is C#CC1CCC2C3CCc4ccccc4C3CCC12C. The quantitative estimate of drug-likeness (QED) is 0.591. The van der Waals surface area contributed by atoms with Crippen molar-refractivity contribution in [3.63, 3.8) is 0 Å². The molecular weight excluding hydrogens is 240 g/mol. The lowest BCUT2D eigenvalue weighted by Crippen LogP contribution is -2.42. The van der Waals surface area contributed by atoms with Gasteiger partial charge in [-0.1, -0.05) is 31.2 Å². The smallest absolute Gasteiger partial charge is 0.0256 e. The molecule has 0 radical (unpaired) electrons. The van der Waals surface area contributed by atoms with Gasteiger partial charge in [-0.25, -0.2) is 0 Å². The second-order valence-corrected chi connectivity index (χ2v) is 7.46. The van der Waals surface area contributed by atoms with Crippen molar-refractivity contribution in [2.45, 2.75) is 51.4 Å². The van der Waals surface area contributed by atoms with Gasteiger partial charge in [0.15, 0.2) is 0 Å². The van der Waals surface area contributed by atoms with Gasteiger partial charge in [-0.2, -0.15) is 0 Å². The van der Waals surface area contributed by atoms with Crippen LogP contribution in [0.5, 0.6) is 0 Å². The van der Waals surface area contributed by atoms with E-state index < -0.39 is 0 Å². The Bertz CT molecular complexity index is 564. The Balaban J connectivity index is 1.71. The summed E-state index contributed by atoms with van der Waals surface area (Å²) >= 11 is 0. The van der Waals surface area contributed by atoms with Crippen molar-refractivity contribution >= 4 is 0 Å².